The minimum absolute atomic E-state index is 0.0286. The van der Waals surface area contributed by atoms with Crippen LogP contribution in [0.4, 0.5) is 0 Å². The van der Waals surface area contributed by atoms with Crippen molar-refractivity contribution in [2.24, 2.45) is 5.73 Å². The van der Waals surface area contributed by atoms with Crippen molar-refractivity contribution in [3.8, 4) is 0 Å². The number of aliphatic hydroxyl groups is 1. The van der Waals surface area contributed by atoms with Crippen LogP contribution in [0.1, 0.15) is 30.2 Å². The summed E-state index contributed by atoms with van der Waals surface area (Å²) in [6.07, 6.45) is 0.0920. The van der Waals surface area contributed by atoms with Gasteiger partial charge in [-0.15, -0.1) is 0 Å². The summed E-state index contributed by atoms with van der Waals surface area (Å²) in [6.45, 7) is 1.96. The van der Waals surface area contributed by atoms with Crippen LogP contribution in [0.15, 0.2) is 24.3 Å². The monoisotopic (exact) mass is 195 g/mol. The number of benzene rings is 1. The molecular formula is C11H17NO2. The molecule has 1 aromatic rings. The summed E-state index contributed by atoms with van der Waals surface area (Å²) in [5, 5.41) is 8.86. The van der Waals surface area contributed by atoms with E-state index in [4.69, 9.17) is 15.6 Å². The normalized spacial score (nSPS) is 15.1. The molecule has 0 saturated heterocycles. The lowest BCUT2D eigenvalue weighted by Gasteiger charge is -2.12. The number of rotatable bonds is 4. The first kappa shape index (κ1) is 11.2. The summed E-state index contributed by atoms with van der Waals surface area (Å²) in [5.74, 6) is 0. The van der Waals surface area contributed by atoms with E-state index in [2.05, 4.69) is 0 Å². The Labute approximate surface area is 84.5 Å². The summed E-state index contributed by atoms with van der Waals surface area (Å²) < 4.78 is 5.18. The maximum atomic E-state index is 8.86. The average molecular weight is 195 g/mol. The lowest BCUT2D eigenvalue weighted by Crippen LogP contribution is -2.14. The molecule has 0 spiro atoms. The van der Waals surface area contributed by atoms with E-state index in [0.717, 1.165) is 11.1 Å². The van der Waals surface area contributed by atoms with Gasteiger partial charge in [0.1, 0.15) is 0 Å². The molecule has 0 saturated carbocycles. The van der Waals surface area contributed by atoms with Gasteiger partial charge in [0.05, 0.1) is 18.8 Å². The van der Waals surface area contributed by atoms with Crippen molar-refractivity contribution >= 4 is 0 Å². The molecular weight excluding hydrogens is 178 g/mol. The Balaban J connectivity index is 2.78. The van der Waals surface area contributed by atoms with Gasteiger partial charge in [-0.2, -0.15) is 0 Å². The fraction of sp³-hybridized carbons (Fsp3) is 0.455. The van der Waals surface area contributed by atoms with Crippen LogP contribution in [-0.4, -0.2) is 18.8 Å². The number of aliphatic hydroxyl groups excluding tert-OH is 1. The van der Waals surface area contributed by atoms with Crippen molar-refractivity contribution in [1.82, 2.24) is 0 Å². The van der Waals surface area contributed by atoms with E-state index in [1.54, 1.807) is 7.11 Å². The van der Waals surface area contributed by atoms with Crippen LogP contribution >= 0.6 is 0 Å². The summed E-state index contributed by atoms with van der Waals surface area (Å²) in [7, 11) is 1.68. The molecule has 3 nitrogen and oxygen atoms in total. The third kappa shape index (κ3) is 2.54. The molecule has 0 unspecified atom stereocenters. The first-order chi connectivity index (χ1) is 6.69. The van der Waals surface area contributed by atoms with Crippen molar-refractivity contribution in [2.45, 2.75) is 19.1 Å². The number of hydrogen-bond donors (Lipinski definition) is 2. The molecule has 78 valence electrons. The lowest BCUT2D eigenvalue weighted by molar-refractivity contribution is 0.119. The second-order valence-corrected chi connectivity index (χ2v) is 3.33. The Bertz CT molecular complexity index is 242. The third-order valence-electron chi connectivity index (χ3n) is 2.38. The highest BCUT2D eigenvalue weighted by Crippen LogP contribution is 2.18. The molecule has 14 heavy (non-hydrogen) atoms. The zero-order valence-electron chi connectivity index (χ0n) is 8.60. The van der Waals surface area contributed by atoms with E-state index in [-0.39, 0.29) is 18.8 Å². The molecule has 1 aromatic carbocycles. The van der Waals surface area contributed by atoms with E-state index >= 15 is 0 Å². The van der Waals surface area contributed by atoms with Crippen LogP contribution in [0, 0.1) is 0 Å². The fourth-order valence-electron chi connectivity index (χ4n) is 1.26. The van der Waals surface area contributed by atoms with Crippen LogP contribution in [0.5, 0.6) is 0 Å². The zero-order valence-corrected chi connectivity index (χ0v) is 8.60. The summed E-state index contributed by atoms with van der Waals surface area (Å²) in [6, 6.07) is 7.50. The second kappa shape index (κ2) is 5.10. The van der Waals surface area contributed by atoms with Crippen LogP contribution in [0.3, 0.4) is 0 Å². The van der Waals surface area contributed by atoms with Crippen molar-refractivity contribution in [1.29, 1.82) is 0 Å². The van der Waals surface area contributed by atoms with E-state index in [1.165, 1.54) is 0 Å². The Morgan fingerprint density at radius 1 is 1.29 bits per heavy atom. The Hall–Kier alpha value is -0.900. The Morgan fingerprint density at radius 3 is 2.21 bits per heavy atom. The van der Waals surface area contributed by atoms with Gasteiger partial charge >= 0.3 is 0 Å². The molecule has 3 N–H and O–H groups in total. The highest BCUT2D eigenvalue weighted by molar-refractivity contribution is 5.26. The molecule has 2 atom stereocenters. The van der Waals surface area contributed by atoms with E-state index in [9.17, 15) is 0 Å². The molecule has 0 aliphatic heterocycles. The van der Waals surface area contributed by atoms with Gasteiger partial charge in [0.15, 0.2) is 0 Å². The number of ether oxygens (including phenoxy) is 1. The number of methoxy groups -OCH3 is 1. The predicted molar refractivity (Wildman–Crippen MR) is 55.9 cm³/mol. The number of hydrogen-bond acceptors (Lipinski definition) is 3. The van der Waals surface area contributed by atoms with Crippen molar-refractivity contribution in [3.05, 3.63) is 35.4 Å². The van der Waals surface area contributed by atoms with E-state index in [1.807, 2.05) is 31.2 Å². The van der Waals surface area contributed by atoms with E-state index in [0.29, 0.717) is 0 Å². The topological polar surface area (TPSA) is 55.5 Å². The summed E-state index contributed by atoms with van der Waals surface area (Å²) in [5.41, 5.74) is 7.73. The molecule has 0 radical (unpaired) electrons. The minimum atomic E-state index is -0.290. The quantitative estimate of drug-likeness (QED) is 0.763. The number of nitrogens with two attached hydrogens (primary N) is 1. The molecule has 0 bridgehead atoms. The molecule has 0 amide bonds. The summed E-state index contributed by atoms with van der Waals surface area (Å²) >= 11 is 0. The van der Waals surface area contributed by atoms with Gasteiger partial charge in [0.25, 0.3) is 0 Å². The molecule has 0 aromatic heterocycles. The van der Waals surface area contributed by atoms with Crippen LogP contribution in [0.2, 0.25) is 0 Å². The van der Waals surface area contributed by atoms with Gasteiger partial charge in [0.2, 0.25) is 0 Å². The zero-order chi connectivity index (χ0) is 10.6. The van der Waals surface area contributed by atoms with Crippen molar-refractivity contribution < 1.29 is 9.84 Å². The highest BCUT2D eigenvalue weighted by Gasteiger charge is 2.06. The molecule has 0 heterocycles. The molecule has 0 aliphatic rings. The highest BCUT2D eigenvalue weighted by atomic mass is 16.5. The first-order valence-corrected chi connectivity index (χ1v) is 4.68. The van der Waals surface area contributed by atoms with Crippen molar-refractivity contribution in [3.63, 3.8) is 0 Å². The van der Waals surface area contributed by atoms with Crippen LogP contribution in [0.25, 0.3) is 0 Å². The van der Waals surface area contributed by atoms with E-state index < -0.39 is 0 Å². The van der Waals surface area contributed by atoms with Gasteiger partial charge < -0.3 is 15.6 Å². The molecule has 1 rings (SSSR count). The molecule has 0 fully saturated rings. The maximum absolute atomic E-state index is 8.86. The minimum Gasteiger partial charge on any atom is -0.394 e. The van der Waals surface area contributed by atoms with Crippen LogP contribution < -0.4 is 5.73 Å². The second-order valence-electron chi connectivity index (χ2n) is 3.33. The Morgan fingerprint density at radius 2 is 1.79 bits per heavy atom. The Kier molecular flexibility index (Phi) is 4.07. The van der Waals surface area contributed by atoms with Gasteiger partial charge in [-0.1, -0.05) is 24.3 Å². The third-order valence-corrected chi connectivity index (χ3v) is 2.38. The largest absolute Gasteiger partial charge is 0.394 e. The standard InChI is InChI=1S/C11H17NO2/c1-8(14-2)9-3-5-10(6-4-9)11(12)7-13/h3-6,8,11,13H,7,12H2,1-2H3/t8-,11-/m0/s1. The van der Waals surface area contributed by atoms with Crippen LogP contribution in [-0.2, 0) is 4.74 Å². The lowest BCUT2D eigenvalue weighted by atomic mass is 10.0. The first-order valence-electron chi connectivity index (χ1n) is 4.68. The average Bonchev–Trinajstić information content (AvgIpc) is 2.27. The van der Waals surface area contributed by atoms with Gasteiger partial charge in [-0.3, -0.25) is 0 Å². The van der Waals surface area contributed by atoms with Gasteiger partial charge in [0, 0.05) is 7.11 Å². The molecule has 0 aliphatic carbocycles. The fourth-order valence-corrected chi connectivity index (χ4v) is 1.26. The predicted octanol–water partition coefficient (Wildman–Crippen LogP) is 1.39. The van der Waals surface area contributed by atoms with Gasteiger partial charge in [-0.25, -0.2) is 0 Å². The SMILES string of the molecule is CO[C@@H](C)c1ccc([C@@H](N)CO)cc1. The maximum Gasteiger partial charge on any atom is 0.0793 e. The smallest absolute Gasteiger partial charge is 0.0793 e. The summed E-state index contributed by atoms with van der Waals surface area (Å²) in [4.78, 5) is 0. The van der Waals surface area contributed by atoms with Gasteiger partial charge in [-0.05, 0) is 18.1 Å². The molecule has 3 heteroatoms. The van der Waals surface area contributed by atoms with Crippen molar-refractivity contribution in [2.75, 3.05) is 13.7 Å².